The molecule has 19 heavy (non-hydrogen) atoms. The second-order valence-corrected chi connectivity index (χ2v) is 3.54. The quantitative estimate of drug-likeness (QED) is 0.855. The first-order valence-electron chi connectivity index (χ1n) is 5.28. The lowest BCUT2D eigenvalue weighted by atomic mass is 10.1. The molecule has 7 nitrogen and oxygen atoms in total. The molecule has 0 bridgehead atoms. The van der Waals surface area contributed by atoms with Crippen molar-refractivity contribution in [3.63, 3.8) is 0 Å². The number of nitrogens with two attached hydrogens (primary N) is 1. The Bertz CT molecular complexity index is 600. The first-order valence-corrected chi connectivity index (χ1v) is 5.28. The molecule has 0 spiro atoms. The Kier molecular flexibility index (Phi) is 3.52. The van der Waals surface area contributed by atoms with Crippen LogP contribution in [0.25, 0.3) is 11.4 Å². The number of hydrogen-bond donors (Lipinski definition) is 2. The molecule has 0 unspecified atom stereocenters. The fraction of sp³-hybridized carbons (Fsp3) is 0.273. The molecule has 2 rings (SSSR count). The van der Waals surface area contributed by atoms with Crippen LogP contribution in [0.4, 0.5) is 4.39 Å². The van der Waals surface area contributed by atoms with Crippen molar-refractivity contribution in [2.75, 3.05) is 14.2 Å². The highest BCUT2D eigenvalue weighted by Crippen LogP contribution is 2.42. The number of benzene rings is 1. The van der Waals surface area contributed by atoms with E-state index in [2.05, 4.69) is 10.1 Å². The van der Waals surface area contributed by atoms with Gasteiger partial charge in [-0.05, 0) is 0 Å². The Morgan fingerprint density at radius 2 is 2.16 bits per heavy atom. The molecule has 0 aliphatic carbocycles. The largest absolute Gasteiger partial charge is 0.505 e. The van der Waals surface area contributed by atoms with Gasteiger partial charge in [-0.25, -0.2) is 4.39 Å². The van der Waals surface area contributed by atoms with Crippen molar-refractivity contribution < 1.29 is 23.5 Å². The molecule has 0 saturated heterocycles. The van der Waals surface area contributed by atoms with Gasteiger partial charge >= 0.3 is 0 Å². The fourth-order valence-electron chi connectivity index (χ4n) is 1.60. The Morgan fingerprint density at radius 3 is 2.68 bits per heavy atom. The third-order valence-electron chi connectivity index (χ3n) is 2.45. The summed E-state index contributed by atoms with van der Waals surface area (Å²) in [5.74, 6) is -1.27. The van der Waals surface area contributed by atoms with Crippen LogP contribution in [0.1, 0.15) is 5.89 Å². The zero-order valence-electron chi connectivity index (χ0n) is 10.3. The summed E-state index contributed by atoms with van der Waals surface area (Å²) < 4.78 is 28.9. The smallest absolute Gasteiger partial charge is 0.240 e. The van der Waals surface area contributed by atoms with Gasteiger partial charge < -0.3 is 24.8 Å². The van der Waals surface area contributed by atoms with E-state index < -0.39 is 11.6 Å². The number of aromatic hydroxyl groups is 1. The Hall–Kier alpha value is -2.35. The third kappa shape index (κ3) is 2.17. The predicted octanol–water partition coefficient (Wildman–Crippen LogP) is 1.06. The van der Waals surface area contributed by atoms with E-state index >= 15 is 0 Å². The molecule has 102 valence electrons. The number of phenols is 1. The maximum atomic E-state index is 14.0. The summed E-state index contributed by atoms with van der Waals surface area (Å²) in [6.07, 6.45) is 0. The predicted molar refractivity (Wildman–Crippen MR) is 62.4 cm³/mol. The van der Waals surface area contributed by atoms with E-state index in [9.17, 15) is 9.50 Å². The van der Waals surface area contributed by atoms with E-state index in [0.29, 0.717) is 0 Å². The van der Waals surface area contributed by atoms with Crippen LogP contribution >= 0.6 is 0 Å². The van der Waals surface area contributed by atoms with Crippen LogP contribution in [0.15, 0.2) is 10.6 Å². The normalized spacial score (nSPS) is 10.5. The molecule has 0 fully saturated rings. The summed E-state index contributed by atoms with van der Waals surface area (Å²) in [5, 5.41) is 13.1. The molecule has 0 atom stereocenters. The highest BCUT2D eigenvalue weighted by Gasteiger charge is 2.24. The Morgan fingerprint density at radius 1 is 1.42 bits per heavy atom. The van der Waals surface area contributed by atoms with Gasteiger partial charge in [-0.1, -0.05) is 5.16 Å². The van der Waals surface area contributed by atoms with Crippen LogP contribution in [0.2, 0.25) is 0 Å². The van der Waals surface area contributed by atoms with Crippen molar-refractivity contribution in [3.05, 3.63) is 17.8 Å². The molecule has 8 heteroatoms. The van der Waals surface area contributed by atoms with Gasteiger partial charge in [0.25, 0.3) is 0 Å². The lowest BCUT2D eigenvalue weighted by Crippen LogP contribution is -1.99. The van der Waals surface area contributed by atoms with Crippen LogP contribution in [-0.2, 0) is 6.54 Å². The van der Waals surface area contributed by atoms with Gasteiger partial charge in [0, 0.05) is 6.07 Å². The van der Waals surface area contributed by atoms with Gasteiger partial charge in [0.2, 0.25) is 11.7 Å². The van der Waals surface area contributed by atoms with E-state index in [1.807, 2.05) is 0 Å². The van der Waals surface area contributed by atoms with E-state index in [1.165, 1.54) is 14.2 Å². The zero-order valence-corrected chi connectivity index (χ0v) is 10.3. The number of halogens is 1. The van der Waals surface area contributed by atoms with E-state index in [4.69, 9.17) is 19.7 Å². The second kappa shape index (κ2) is 5.11. The van der Waals surface area contributed by atoms with Gasteiger partial charge in [-0.2, -0.15) is 4.98 Å². The van der Waals surface area contributed by atoms with Crippen LogP contribution in [-0.4, -0.2) is 29.5 Å². The number of phenolic OH excluding ortho intramolecular Hbond substituents is 1. The van der Waals surface area contributed by atoms with Crippen molar-refractivity contribution in [1.29, 1.82) is 0 Å². The molecule has 1 aromatic carbocycles. The lowest BCUT2D eigenvalue weighted by molar-refractivity contribution is 0.345. The average molecular weight is 269 g/mol. The Balaban J connectivity index is 2.69. The minimum absolute atomic E-state index is 0.0207. The SMILES string of the molecule is COc1cc(O)c(F)c(-c2noc(CN)n2)c1OC. The molecule has 0 aliphatic rings. The van der Waals surface area contributed by atoms with E-state index in [1.54, 1.807) is 0 Å². The summed E-state index contributed by atoms with van der Waals surface area (Å²) in [5.41, 5.74) is 5.19. The molecule has 2 aromatic rings. The van der Waals surface area contributed by atoms with Crippen molar-refractivity contribution in [2.24, 2.45) is 5.73 Å². The summed E-state index contributed by atoms with van der Waals surface area (Å²) in [6, 6.07) is 1.10. The molecule has 0 amide bonds. The molecule has 1 heterocycles. The summed E-state index contributed by atoms with van der Waals surface area (Å²) in [4.78, 5) is 3.90. The van der Waals surface area contributed by atoms with Crippen molar-refractivity contribution in [2.45, 2.75) is 6.54 Å². The van der Waals surface area contributed by atoms with Crippen LogP contribution < -0.4 is 15.2 Å². The third-order valence-corrected chi connectivity index (χ3v) is 2.45. The van der Waals surface area contributed by atoms with Crippen LogP contribution in [0.5, 0.6) is 17.2 Å². The number of rotatable bonds is 4. The average Bonchev–Trinajstić information content (AvgIpc) is 2.89. The van der Waals surface area contributed by atoms with Gasteiger partial charge in [0.1, 0.15) is 5.56 Å². The van der Waals surface area contributed by atoms with Crippen LogP contribution in [0, 0.1) is 5.82 Å². The molecule has 0 aliphatic heterocycles. The highest BCUT2D eigenvalue weighted by molar-refractivity contribution is 5.71. The molecular weight excluding hydrogens is 257 g/mol. The number of methoxy groups -OCH3 is 2. The fourth-order valence-corrected chi connectivity index (χ4v) is 1.60. The van der Waals surface area contributed by atoms with Crippen LogP contribution in [0.3, 0.4) is 0 Å². The first kappa shape index (κ1) is 13.1. The summed E-state index contributed by atoms with van der Waals surface area (Å²) in [7, 11) is 2.70. The molecule has 3 N–H and O–H groups in total. The number of nitrogens with zero attached hydrogens (tertiary/aromatic N) is 2. The van der Waals surface area contributed by atoms with Crippen molar-refractivity contribution in [3.8, 4) is 28.6 Å². The van der Waals surface area contributed by atoms with Gasteiger partial charge in [0.15, 0.2) is 23.1 Å². The standard InChI is InChI=1S/C11H12FN3O4/c1-17-6-3-5(16)9(12)8(10(6)18-2)11-14-7(4-13)19-15-11/h3,16H,4,13H2,1-2H3. The minimum Gasteiger partial charge on any atom is -0.505 e. The number of hydrogen-bond acceptors (Lipinski definition) is 7. The summed E-state index contributed by atoms with van der Waals surface area (Å²) in [6.45, 7) is 0.0207. The monoisotopic (exact) mass is 269 g/mol. The molecule has 0 radical (unpaired) electrons. The van der Waals surface area contributed by atoms with Gasteiger partial charge in [-0.3, -0.25) is 0 Å². The second-order valence-electron chi connectivity index (χ2n) is 3.54. The lowest BCUT2D eigenvalue weighted by Gasteiger charge is -2.12. The highest BCUT2D eigenvalue weighted by atomic mass is 19.1. The minimum atomic E-state index is -0.929. The first-order chi connectivity index (χ1) is 9.12. The van der Waals surface area contributed by atoms with E-state index in [0.717, 1.165) is 6.07 Å². The maximum absolute atomic E-state index is 14.0. The number of aromatic nitrogens is 2. The summed E-state index contributed by atoms with van der Waals surface area (Å²) >= 11 is 0. The number of ether oxygens (including phenoxy) is 2. The van der Waals surface area contributed by atoms with Crippen molar-refractivity contribution >= 4 is 0 Å². The molecule has 1 aromatic heterocycles. The molecule has 0 saturated carbocycles. The Labute approximate surface area is 107 Å². The molecular formula is C11H12FN3O4. The topological polar surface area (TPSA) is 104 Å². The van der Waals surface area contributed by atoms with Gasteiger partial charge in [-0.15, -0.1) is 0 Å². The van der Waals surface area contributed by atoms with E-state index in [-0.39, 0.29) is 35.3 Å². The maximum Gasteiger partial charge on any atom is 0.240 e. The van der Waals surface area contributed by atoms with Crippen molar-refractivity contribution in [1.82, 2.24) is 10.1 Å². The zero-order chi connectivity index (χ0) is 14.0. The van der Waals surface area contributed by atoms with Gasteiger partial charge in [0.05, 0.1) is 20.8 Å².